The predicted octanol–water partition coefficient (Wildman–Crippen LogP) is 7.62. The summed E-state index contributed by atoms with van der Waals surface area (Å²) in [5.41, 5.74) is 2.10. The van der Waals surface area contributed by atoms with E-state index in [1.807, 2.05) is 13.8 Å². The highest BCUT2D eigenvalue weighted by Crippen LogP contribution is 2.51. The number of Topliss-reactive ketones (excluding diaryl/α,β-unsaturated/α-hetero) is 2. The molecule has 0 aliphatic carbocycles. The largest absolute Gasteiger partial charge is 0.508 e. The van der Waals surface area contributed by atoms with Crippen LogP contribution in [0.4, 0.5) is 0 Å². The molecule has 636 valence electrons. The summed E-state index contributed by atoms with van der Waals surface area (Å²) in [5, 5.41) is 129. The minimum Gasteiger partial charge on any atom is -0.508 e. The van der Waals surface area contributed by atoms with Crippen molar-refractivity contribution in [3.8, 4) is 57.1 Å². The smallest absolute Gasteiger partial charge is 0.330 e. The highest BCUT2D eigenvalue weighted by Gasteiger charge is 2.52. The van der Waals surface area contributed by atoms with E-state index in [0.717, 1.165) is 86.7 Å². The highest BCUT2D eigenvalue weighted by molar-refractivity contribution is 6.32. The van der Waals surface area contributed by atoms with Crippen molar-refractivity contribution in [2.24, 2.45) is 23.5 Å². The molecule has 0 saturated carbocycles. The van der Waals surface area contributed by atoms with Gasteiger partial charge >= 0.3 is 11.9 Å². The molecular formula is C83H104Cl2N6O26. The number of esters is 1. The zero-order valence-electron chi connectivity index (χ0n) is 65.7. The molecule has 2 fully saturated rings. The molecule has 18 atom stereocenters. The van der Waals surface area contributed by atoms with Crippen LogP contribution in [0.3, 0.4) is 0 Å². The van der Waals surface area contributed by atoms with Crippen molar-refractivity contribution in [2.75, 3.05) is 19.8 Å². The average molecular weight is 1670 g/mol. The minimum absolute atomic E-state index is 0.0258. The zero-order valence-corrected chi connectivity index (χ0v) is 67.2. The first kappa shape index (κ1) is 90.0. The number of aromatic hydroxyl groups is 3. The lowest BCUT2D eigenvalue weighted by molar-refractivity contribution is -0.334. The van der Waals surface area contributed by atoms with Gasteiger partial charge in [0.25, 0.3) is 0 Å². The van der Waals surface area contributed by atoms with Crippen molar-refractivity contribution in [3.05, 3.63) is 117 Å². The maximum atomic E-state index is 16.3. The molecule has 117 heavy (non-hydrogen) atoms. The number of hydrogen-bond donors (Lipinski definition) is 16. The molecule has 0 spiro atoms. The number of ether oxygens (including phenoxy) is 7. The molecule has 7 aliphatic heterocycles. The lowest BCUT2D eigenvalue weighted by Crippen LogP contribution is -2.65. The van der Waals surface area contributed by atoms with Crippen LogP contribution >= 0.6 is 23.2 Å². The molecule has 17 N–H and O–H groups in total. The van der Waals surface area contributed by atoms with Gasteiger partial charge < -0.3 is 117 Å². The highest BCUT2D eigenvalue weighted by atomic mass is 35.5. The first-order valence-electron chi connectivity index (χ1n) is 39.5. The lowest BCUT2D eigenvalue weighted by atomic mass is 9.84. The molecule has 5 aromatic carbocycles. The summed E-state index contributed by atoms with van der Waals surface area (Å²) in [5.74, 6) is -19.5. The van der Waals surface area contributed by atoms with E-state index in [0.29, 0.717) is 12.8 Å². The SMILES string of the molecule is CCCCCCCCCCCC(=O)OCCN[C@@]1(C)C[C@H](O[C@H]2[C@H](Oc3c4cc5cc3Oc3ccc(cc3Cl)[C@@H](O)[C@@H](NC(=O)[C@H](CC)CC(C)C)C(=O)C[C@@H](CC(N)=O)C(=O)N[C@H]5C(=O)C[C@H]3C(=O)N[C@H](C(=O)N[C@@H](C(=O)O)c5cc(O)cc(O)c5-c5cc3ccc5O)[C@H](O)c3ccc(c(Cl)c3)O4)O[C@H](CO)[C@@H](O)[C@@H]2O)O[C@@H](C)[C@H]1O. The number of benzene rings is 5. The average Bonchev–Trinajstić information content (AvgIpc) is 0.772. The van der Waals surface area contributed by atoms with Crippen LogP contribution in [0.1, 0.15) is 202 Å². The predicted molar refractivity (Wildman–Crippen MR) is 420 cm³/mol. The van der Waals surface area contributed by atoms with Gasteiger partial charge in [-0.3, -0.25) is 38.4 Å². The van der Waals surface area contributed by atoms with Crippen molar-refractivity contribution in [3.63, 3.8) is 0 Å². The van der Waals surface area contributed by atoms with E-state index < -0.39 is 244 Å². The normalized spacial score (nSPS) is 27.1. The maximum Gasteiger partial charge on any atom is 0.330 e. The number of carbonyl (C=O) groups is 9. The number of aliphatic hydroxyl groups is 6. The van der Waals surface area contributed by atoms with E-state index >= 15 is 19.2 Å². The van der Waals surface area contributed by atoms with Crippen LogP contribution in [0.2, 0.25) is 10.0 Å². The first-order valence-corrected chi connectivity index (χ1v) is 40.2. The molecule has 0 unspecified atom stereocenters. The van der Waals surface area contributed by atoms with Crippen LogP contribution in [0.15, 0.2) is 78.9 Å². The van der Waals surface area contributed by atoms with E-state index in [1.54, 1.807) is 20.8 Å². The molecule has 2 saturated heterocycles. The van der Waals surface area contributed by atoms with Crippen LogP contribution in [0.25, 0.3) is 11.1 Å². The molecular weight excluding hydrogens is 1570 g/mol. The van der Waals surface area contributed by atoms with Gasteiger partial charge in [-0.25, -0.2) is 4.79 Å². The number of ketones is 2. The summed E-state index contributed by atoms with van der Waals surface area (Å²) < 4.78 is 45.0. The van der Waals surface area contributed by atoms with Gasteiger partial charge in [-0.15, -0.1) is 0 Å². The number of phenolic OH excluding ortho intramolecular Hbond substituents is 3. The van der Waals surface area contributed by atoms with Crippen molar-refractivity contribution in [2.45, 2.75) is 241 Å². The molecule has 5 aromatic rings. The van der Waals surface area contributed by atoms with Crippen LogP contribution in [0.5, 0.6) is 46.0 Å². The number of nitrogens with two attached hydrogens (primary N) is 1. The Morgan fingerprint density at radius 3 is 1.94 bits per heavy atom. The second kappa shape index (κ2) is 40.0. The summed E-state index contributed by atoms with van der Waals surface area (Å²) in [6, 6.07) is 5.63. The summed E-state index contributed by atoms with van der Waals surface area (Å²) in [7, 11) is 0. The fourth-order valence-electron chi connectivity index (χ4n) is 15.5. The topological polar surface area (TPSA) is 507 Å². The lowest BCUT2D eigenvalue weighted by Gasteiger charge is -2.48. The third-order valence-electron chi connectivity index (χ3n) is 22.0. The van der Waals surface area contributed by atoms with Gasteiger partial charge in [-0.1, -0.05) is 120 Å². The number of hydrogen-bond acceptors (Lipinski definition) is 26. The number of aliphatic hydroxyl groups excluding tert-OH is 6. The summed E-state index contributed by atoms with van der Waals surface area (Å²) in [6.07, 6.45) is -10.4. The third kappa shape index (κ3) is 21.8. The zero-order chi connectivity index (χ0) is 85.0. The number of fused-ring (bicyclic) bond motifs is 15. The Kier molecular flexibility index (Phi) is 30.8. The molecule has 11 bridgehead atoms. The first-order chi connectivity index (χ1) is 55.6. The molecule has 7 aliphatic rings. The Hall–Kier alpha value is -9.29. The Balaban J connectivity index is 1.13. The van der Waals surface area contributed by atoms with Gasteiger partial charge in [0.05, 0.1) is 40.7 Å². The Labute approximate surface area is 685 Å². The second-order valence-electron chi connectivity index (χ2n) is 31.2. The minimum atomic E-state index is -2.26. The molecule has 5 amide bonds. The molecule has 0 radical (unpaired) electrons. The summed E-state index contributed by atoms with van der Waals surface area (Å²) >= 11 is 14.3. The van der Waals surface area contributed by atoms with Gasteiger partial charge in [0, 0.05) is 72.9 Å². The number of rotatable bonds is 27. The van der Waals surface area contributed by atoms with E-state index in [-0.39, 0.29) is 77.1 Å². The van der Waals surface area contributed by atoms with E-state index in [4.69, 9.17) is 62.1 Å². The van der Waals surface area contributed by atoms with Gasteiger partial charge in [-0.05, 0) is 116 Å². The molecule has 32 nitrogen and oxygen atoms in total. The van der Waals surface area contributed by atoms with E-state index in [9.17, 15) is 75.0 Å². The number of carboxylic acids is 1. The number of carboxylic acid groups (broad SMARTS) is 1. The molecule has 12 rings (SSSR count). The standard InChI is InChI=1S/C83H104Cl2N6O26/c1-7-9-10-11-12-13-14-15-16-17-63(99)111-25-24-87-83(6)37-64(112-40(5)76(83)104)116-75-73(103)72(102)61(38-92)115-82(75)117-74-59-31-45-32-60(74)114-58-23-20-44(29-52(58)85)71(101)69-80(108)89-67(81(109)110)50-34-47(93)35-54(95)65(50)49-27-42(18-21-53(49)94)48(79(107)91-69)36-56(97)66(45)88-78(106)46(33-62(86)98)30-55(96)68(90-77(105)41(8-2)26-39(3)4)70(100)43-19-22-57(113-59)51(84)28-43/h18-23,27-29,31-32,34-35,39-41,46,48,61,64,66-73,75-76,82,87,92-95,100-104H,7-17,24-26,30,33,36-38H2,1-6H3,(H2,86,98)(H,88,106)(H,89,108)(H,90,105)(H,91,107)(H,109,110)/t40-,41+,46-,48+,61+,64-,66+,67+,68-,69-,70+,71+,72+,73-,75+,76+,82-,83-/m0/s1. The molecule has 0 aromatic heterocycles. The second-order valence-corrected chi connectivity index (χ2v) is 32.0. The van der Waals surface area contributed by atoms with Gasteiger partial charge in [0.2, 0.25) is 41.6 Å². The van der Waals surface area contributed by atoms with Crippen molar-refractivity contribution in [1.82, 2.24) is 26.6 Å². The number of phenols is 3. The van der Waals surface area contributed by atoms with Crippen molar-refractivity contribution < 1.29 is 127 Å². The van der Waals surface area contributed by atoms with Crippen LogP contribution in [0, 0.1) is 17.8 Å². The fourth-order valence-corrected chi connectivity index (χ4v) is 16.0. The maximum absolute atomic E-state index is 16.3. The van der Waals surface area contributed by atoms with Gasteiger partial charge in [-0.2, -0.15) is 0 Å². The molecule has 34 heteroatoms. The van der Waals surface area contributed by atoms with E-state index in [2.05, 4.69) is 33.5 Å². The number of carbonyl (C=O) groups excluding carboxylic acids is 8. The fraction of sp³-hybridized carbons (Fsp3) is 0.530. The molecule has 7 heterocycles. The quantitative estimate of drug-likeness (QED) is 0.0177. The third-order valence-corrected chi connectivity index (χ3v) is 22.5. The Morgan fingerprint density at radius 1 is 0.701 bits per heavy atom. The van der Waals surface area contributed by atoms with Crippen LogP contribution in [-0.2, 0) is 62.1 Å². The van der Waals surface area contributed by atoms with Gasteiger partial charge in [0.1, 0.15) is 84.0 Å². The van der Waals surface area contributed by atoms with Crippen LogP contribution < -0.4 is 46.5 Å². The summed E-state index contributed by atoms with van der Waals surface area (Å²) in [6.45, 7) is 9.85. The van der Waals surface area contributed by atoms with Crippen LogP contribution in [-0.4, -0.2) is 191 Å². The monoisotopic (exact) mass is 1670 g/mol. The van der Waals surface area contributed by atoms with Crippen molar-refractivity contribution in [1.29, 1.82) is 0 Å². The number of halogens is 2. The Bertz CT molecular complexity index is 4460. The summed E-state index contributed by atoms with van der Waals surface area (Å²) in [4.78, 5) is 131. The van der Waals surface area contributed by atoms with E-state index in [1.165, 1.54) is 43.5 Å². The number of primary amides is 1. The number of amides is 5. The number of nitrogens with one attached hydrogen (secondary N) is 5. The van der Waals surface area contributed by atoms with Gasteiger partial charge in [0.15, 0.2) is 41.5 Å². The van der Waals surface area contributed by atoms with Crippen molar-refractivity contribution >= 4 is 76.2 Å². The number of aliphatic carboxylic acids is 1. The Morgan fingerprint density at radius 2 is 1.33 bits per heavy atom. The number of unbranched alkanes of at least 4 members (excludes halogenated alkanes) is 8.